The van der Waals surface area contributed by atoms with E-state index in [0.29, 0.717) is 31.6 Å². The zero-order valence-electron chi connectivity index (χ0n) is 61.4. The van der Waals surface area contributed by atoms with Gasteiger partial charge in [0.25, 0.3) is 0 Å². The highest BCUT2D eigenvalue weighted by Crippen LogP contribution is 2.45. The average molecular weight is 1380 g/mol. The van der Waals surface area contributed by atoms with Gasteiger partial charge >= 0.3 is 39.5 Å². The normalized spacial score (nSPS) is 14.1. The van der Waals surface area contributed by atoms with Crippen LogP contribution in [0.5, 0.6) is 0 Å². The number of esters is 4. The first-order chi connectivity index (χ1) is 45.2. The van der Waals surface area contributed by atoms with Gasteiger partial charge in [-0.25, -0.2) is 9.13 Å². The van der Waals surface area contributed by atoms with Gasteiger partial charge in [0.15, 0.2) is 12.2 Å². The van der Waals surface area contributed by atoms with Crippen molar-refractivity contribution >= 4 is 39.5 Å². The van der Waals surface area contributed by atoms with E-state index in [0.717, 1.165) is 108 Å². The summed E-state index contributed by atoms with van der Waals surface area (Å²) in [6.45, 7) is 11.8. The third kappa shape index (κ3) is 68.6. The largest absolute Gasteiger partial charge is 0.472 e. The molecule has 0 saturated heterocycles. The van der Waals surface area contributed by atoms with E-state index in [2.05, 4.69) is 48.5 Å². The van der Waals surface area contributed by atoms with Crippen LogP contribution in [0.15, 0.2) is 0 Å². The Balaban J connectivity index is 5.21. The number of rotatable bonds is 73. The van der Waals surface area contributed by atoms with Gasteiger partial charge in [-0.2, -0.15) is 0 Å². The number of phosphoric acid groups is 2. The molecule has 17 nitrogen and oxygen atoms in total. The van der Waals surface area contributed by atoms with Crippen LogP contribution in [0, 0.1) is 17.8 Å². The molecule has 0 rings (SSSR count). The Morgan fingerprint density at radius 2 is 0.489 bits per heavy atom. The van der Waals surface area contributed by atoms with Gasteiger partial charge in [0.1, 0.15) is 19.3 Å². The lowest BCUT2D eigenvalue weighted by atomic mass is 10.0. The molecule has 0 aliphatic carbocycles. The highest BCUT2D eigenvalue weighted by molar-refractivity contribution is 7.47. The monoisotopic (exact) mass is 1380 g/mol. The van der Waals surface area contributed by atoms with Gasteiger partial charge in [-0.15, -0.1) is 0 Å². The molecule has 94 heavy (non-hydrogen) atoms. The Labute approximate surface area is 575 Å². The van der Waals surface area contributed by atoms with Crippen LogP contribution in [-0.2, 0) is 65.4 Å². The summed E-state index contributed by atoms with van der Waals surface area (Å²) in [5.41, 5.74) is 0. The molecule has 5 atom stereocenters. The van der Waals surface area contributed by atoms with Crippen LogP contribution in [0.4, 0.5) is 0 Å². The summed E-state index contributed by atoms with van der Waals surface area (Å²) in [5, 5.41) is 10.6. The van der Waals surface area contributed by atoms with Gasteiger partial charge in [0.05, 0.1) is 26.4 Å². The second-order valence-corrected chi connectivity index (χ2v) is 31.4. The van der Waals surface area contributed by atoms with Crippen LogP contribution in [0.1, 0.15) is 382 Å². The predicted octanol–water partition coefficient (Wildman–Crippen LogP) is 21.8. The summed E-state index contributed by atoms with van der Waals surface area (Å²) >= 11 is 0. The molecule has 0 amide bonds. The average Bonchev–Trinajstić information content (AvgIpc) is 1.16. The van der Waals surface area contributed by atoms with Crippen LogP contribution in [0.2, 0.25) is 0 Å². The minimum absolute atomic E-state index is 0.104. The number of carbonyl (C=O) groups excluding carboxylic acids is 4. The maximum atomic E-state index is 13.1. The Morgan fingerprint density at radius 1 is 0.287 bits per heavy atom. The summed E-state index contributed by atoms with van der Waals surface area (Å²) < 4.78 is 68.4. The number of ether oxygens (including phenoxy) is 4. The topological polar surface area (TPSA) is 237 Å². The van der Waals surface area contributed by atoms with Crippen molar-refractivity contribution in [2.24, 2.45) is 17.8 Å². The van der Waals surface area contributed by atoms with Crippen LogP contribution in [-0.4, -0.2) is 96.7 Å². The third-order valence-electron chi connectivity index (χ3n) is 17.4. The van der Waals surface area contributed by atoms with E-state index >= 15 is 0 Å². The van der Waals surface area contributed by atoms with E-state index in [9.17, 15) is 43.2 Å². The van der Waals surface area contributed by atoms with Gasteiger partial charge < -0.3 is 33.8 Å². The molecule has 0 aromatic rings. The molecule has 2 unspecified atom stereocenters. The third-order valence-corrected chi connectivity index (χ3v) is 19.3. The van der Waals surface area contributed by atoms with Gasteiger partial charge in [0.2, 0.25) is 0 Å². The summed E-state index contributed by atoms with van der Waals surface area (Å²) in [6, 6.07) is 0. The number of hydrogen-bond acceptors (Lipinski definition) is 15. The standard InChI is InChI=1S/C75H146O17P2/c1-8-9-10-11-12-13-14-15-16-17-18-19-20-21-22-23-30-35-44-51-58-74(79)91-70(62-85-72(77)56-49-42-34-29-25-24-27-32-39-46-53-66(2)3)64-89-93(81,82)87-60-69(76)61-88-94(83,84)90-65-71(63-86-73(78)57-50-43-38-37-41-48-55-68(6)7)92-75(80)59-52-45-36-31-26-28-33-40-47-54-67(4)5/h66-71,76H,8-65H2,1-7H3,(H,81,82)(H,83,84)/t69-,70-,71-/m1/s1. The van der Waals surface area contributed by atoms with E-state index in [1.54, 1.807) is 0 Å². The molecule has 0 aromatic heterocycles. The summed E-state index contributed by atoms with van der Waals surface area (Å²) in [5.74, 6) is 0.0511. The minimum atomic E-state index is -4.96. The molecule has 0 radical (unpaired) electrons. The van der Waals surface area contributed by atoms with Crippen LogP contribution >= 0.6 is 15.6 Å². The zero-order chi connectivity index (χ0) is 69.4. The lowest BCUT2D eigenvalue weighted by molar-refractivity contribution is -0.161. The molecule has 558 valence electrons. The smallest absolute Gasteiger partial charge is 0.462 e. The second-order valence-electron chi connectivity index (χ2n) is 28.5. The van der Waals surface area contributed by atoms with Crippen molar-refractivity contribution in [2.45, 2.75) is 401 Å². The molecule has 0 aliphatic heterocycles. The molecular formula is C75H146O17P2. The zero-order valence-corrected chi connectivity index (χ0v) is 63.2. The molecule has 3 N–H and O–H groups in total. The number of carbonyl (C=O) groups is 4. The van der Waals surface area contributed by atoms with Gasteiger partial charge in [-0.1, -0.05) is 331 Å². The van der Waals surface area contributed by atoms with Crippen LogP contribution in [0.3, 0.4) is 0 Å². The Morgan fingerprint density at radius 3 is 0.723 bits per heavy atom. The Hall–Kier alpha value is -1.94. The van der Waals surface area contributed by atoms with Crippen LogP contribution in [0.25, 0.3) is 0 Å². The Bertz CT molecular complexity index is 1840. The number of aliphatic hydroxyl groups excluding tert-OH is 1. The van der Waals surface area contributed by atoms with Gasteiger partial charge in [-0.3, -0.25) is 37.3 Å². The number of phosphoric ester groups is 2. The molecule has 0 saturated carbocycles. The molecule has 0 fully saturated rings. The molecule has 0 spiro atoms. The van der Waals surface area contributed by atoms with E-state index in [1.807, 2.05) is 0 Å². The van der Waals surface area contributed by atoms with Crippen molar-refractivity contribution < 1.29 is 80.2 Å². The number of hydrogen-bond donors (Lipinski definition) is 3. The van der Waals surface area contributed by atoms with E-state index < -0.39 is 97.5 Å². The molecule has 19 heteroatoms. The maximum Gasteiger partial charge on any atom is 0.472 e. The molecule has 0 heterocycles. The molecule has 0 aromatic carbocycles. The van der Waals surface area contributed by atoms with Gasteiger partial charge in [0, 0.05) is 25.7 Å². The van der Waals surface area contributed by atoms with Crippen molar-refractivity contribution in [3.8, 4) is 0 Å². The van der Waals surface area contributed by atoms with Crippen molar-refractivity contribution in [2.75, 3.05) is 39.6 Å². The fourth-order valence-electron chi connectivity index (χ4n) is 11.4. The van der Waals surface area contributed by atoms with E-state index in [4.69, 9.17) is 37.0 Å². The van der Waals surface area contributed by atoms with E-state index in [1.165, 1.54) is 186 Å². The maximum absolute atomic E-state index is 13.1. The van der Waals surface area contributed by atoms with Crippen molar-refractivity contribution in [1.82, 2.24) is 0 Å². The predicted molar refractivity (Wildman–Crippen MR) is 381 cm³/mol. The Kier molecular flexibility index (Phi) is 64.3. The van der Waals surface area contributed by atoms with E-state index in [-0.39, 0.29) is 25.7 Å². The van der Waals surface area contributed by atoms with Crippen molar-refractivity contribution in [1.29, 1.82) is 0 Å². The fraction of sp³-hybridized carbons (Fsp3) is 0.947. The fourth-order valence-corrected chi connectivity index (χ4v) is 13.0. The van der Waals surface area contributed by atoms with Crippen molar-refractivity contribution in [3.05, 3.63) is 0 Å². The summed E-state index contributed by atoms with van der Waals surface area (Å²) in [4.78, 5) is 72.7. The number of unbranched alkanes of at least 4 members (excludes halogenated alkanes) is 41. The first-order valence-electron chi connectivity index (χ1n) is 38.8. The molecular weight excluding hydrogens is 1230 g/mol. The first kappa shape index (κ1) is 92.1. The molecule has 0 aliphatic rings. The molecule has 0 bridgehead atoms. The summed E-state index contributed by atoms with van der Waals surface area (Å²) in [6.07, 6.45) is 51.6. The second kappa shape index (κ2) is 65.7. The lowest BCUT2D eigenvalue weighted by Gasteiger charge is -2.21. The quantitative estimate of drug-likeness (QED) is 0.0222. The minimum Gasteiger partial charge on any atom is -0.462 e. The van der Waals surface area contributed by atoms with Crippen LogP contribution < -0.4 is 0 Å². The number of aliphatic hydroxyl groups is 1. The summed E-state index contributed by atoms with van der Waals surface area (Å²) in [7, 11) is -9.91. The first-order valence-corrected chi connectivity index (χ1v) is 41.8. The highest BCUT2D eigenvalue weighted by atomic mass is 31.2. The van der Waals surface area contributed by atoms with Crippen molar-refractivity contribution in [3.63, 3.8) is 0 Å². The lowest BCUT2D eigenvalue weighted by Crippen LogP contribution is -2.30. The highest BCUT2D eigenvalue weighted by Gasteiger charge is 2.30. The SMILES string of the molecule is CCCCCCCCCCCCCCCCCCCCCCC(=O)O[C@H](COC(=O)CCCCCCCCCCCCC(C)C)COP(=O)(O)OC[C@@H](O)COP(=O)(O)OC[C@@H](COC(=O)CCCCCCCCC(C)C)OC(=O)CCCCCCCCCCCC(C)C. The van der Waals surface area contributed by atoms with Gasteiger partial charge in [-0.05, 0) is 43.4 Å².